The van der Waals surface area contributed by atoms with Crippen LogP contribution in [-0.4, -0.2) is 52.3 Å². The lowest BCUT2D eigenvalue weighted by molar-refractivity contribution is 0.0597. The van der Waals surface area contributed by atoms with E-state index in [1.165, 1.54) is 19.2 Å². The van der Waals surface area contributed by atoms with Crippen molar-refractivity contribution in [1.29, 1.82) is 0 Å². The number of methoxy groups -OCH3 is 1. The van der Waals surface area contributed by atoms with E-state index in [0.717, 1.165) is 5.69 Å². The van der Waals surface area contributed by atoms with Crippen LogP contribution in [0.2, 0.25) is 0 Å². The first kappa shape index (κ1) is 25.3. The highest BCUT2D eigenvalue weighted by atomic mass is 19.1. The molecule has 38 heavy (non-hydrogen) atoms. The summed E-state index contributed by atoms with van der Waals surface area (Å²) in [5.74, 6) is -0.321. The van der Waals surface area contributed by atoms with Gasteiger partial charge in [-0.15, -0.1) is 0 Å². The number of nitrogens with one attached hydrogen (secondary N) is 1. The van der Waals surface area contributed by atoms with Crippen molar-refractivity contribution in [3.05, 3.63) is 83.2 Å². The topological polar surface area (TPSA) is 90.2 Å². The summed E-state index contributed by atoms with van der Waals surface area (Å²) >= 11 is 0. The fourth-order valence-corrected chi connectivity index (χ4v) is 4.55. The Balaban J connectivity index is 1.63. The summed E-state index contributed by atoms with van der Waals surface area (Å²) in [4.78, 5) is 27.4. The van der Waals surface area contributed by atoms with Crippen molar-refractivity contribution in [2.75, 3.05) is 45.4 Å². The molecule has 1 N–H and O–H groups in total. The molecule has 0 saturated carbocycles. The third kappa shape index (κ3) is 4.92. The second-order valence-electron chi connectivity index (χ2n) is 8.75. The molecule has 2 heterocycles. The first-order valence-corrected chi connectivity index (χ1v) is 12.2. The van der Waals surface area contributed by atoms with Crippen molar-refractivity contribution >= 4 is 28.5 Å². The first-order valence-electron chi connectivity index (χ1n) is 12.2. The van der Waals surface area contributed by atoms with Gasteiger partial charge in [0.1, 0.15) is 29.5 Å². The number of amides is 1. The zero-order valence-corrected chi connectivity index (χ0v) is 21.1. The molecule has 9 heteroatoms. The van der Waals surface area contributed by atoms with Gasteiger partial charge in [0, 0.05) is 42.7 Å². The molecule has 196 valence electrons. The van der Waals surface area contributed by atoms with E-state index < -0.39 is 5.97 Å². The van der Waals surface area contributed by atoms with Crippen LogP contribution < -0.4 is 15.0 Å². The van der Waals surface area contributed by atoms with Crippen LogP contribution in [0.1, 0.15) is 26.3 Å². The SMILES string of the molecule is CNC(=O)c1c(-c2ccc(F)cc2)oc2cc(N3CCOCC3)c(OCc3ccccc3C(=O)OC)cc12. The fourth-order valence-electron chi connectivity index (χ4n) is 4.55. The van der Waals surface area contributed by atoms with E-state index in [2.05, 4.69) is 10.2 Å². The molecule has 0 atom stereocenters. The van der Waals surface area contributed by atoms with Gasteiger partial charge in [-0.1, -0.05) is 18.2 Å². The molecule has 8 nitrogen and oxygen atoms in total. The van der Waals surface area contributed by atoms with E-state index in [0.29, 0.717) is 71.0 Å². The molecule has 5 rings (SSSR count). The Labute approximate surface area is 218 Å². The van der Waals surface area contributed by atoms with Crippen molar-refractivity contribution in [3.63, 3.8) is 0 Å². The number of nitrogens with zero attached hydrogens (tertiary/aromatic N) is 1. The first-order chi connectivity index (χ1) is 18.5. The summed E-state index contributed by atoms with van der Waals surface area (Å²) < 4.78 is 36.6. The minimum atomic E-state index is -0.450. The lowest BCUT2D eigenvalue weighted by Gasteiger charge is -2.30. The van der Waals surface area contributed by atoms with Crippen LogP contribution in [0, 0.1) is 5.82 Å². The summed E-state index contributed by atoms with van der Waals surface area (Å²) in [7, 11) is 2.88. The van der Waals surface area contributed by atoms with Crippen LogP contribution in [0.5, 0.6) is 5.75 Å². The lowest BCUT2D eigenvalue weighted by Crippen LogP contribution is -2.36. The quantitative estimate of drug-likeness (QED) is 0.352. The Hall–Kier alpha value is -4.37. The number of hydrogen-bond donors (Lipinski definition) is 1. The molecule has 1 aliphatic rings. The Kier molecular flexibility index (Phi) is 7.28. The monoisotopic (exact) mass is 518 g/mol. The Morgan fingerprint density at radius 1 is 1.05 bits per heavy atom. The molecule has 1 aliphatic heterocycles. The van der Waals surface area contributed by atoms with Crippen molar-refractivity contribution < 1.29 is 32.6 Å². The van der Waals surface area contributed by atoms with Gasteiger partial charge in [-0.05, 0) is 36.4 Å². The van der Waals surface area contributed by atoms with Gasteiger partial charge >= 0.3 is 5.97 Å². The number of esters is 1. The fraction of sp³-hybridized carbons (Fsp3) is 0.241. The van der Waals surface area contributed by atoms with Gasteiger partial charge in [0.25, 0.3) is 5.91 Å². The number of morpholine rings is 1. The van der Waals surface area contributed by atoms with Gasteiger partial charge in [-0.25, -0.2) is 9.18 Å². The van der Waals surface area contributed by atoms with Crippen LogP contribution in [0.25, 0.3) is 22.3 Å². The molecule has 1 saturated heterocycles. The summed E-state index contributed by atoms with van der Waals surface area (Å²) in [6.07, 6.45) is 0. The Morgan fingerprint density at radius 3 is 2.50 bits per heavy atom. The van der Waals surface area contributed by atoms with Crippen LogP contribution >= 0.6 is 0 Å². The van der Waals surface area contributed by atoms with Gasteiger partial charge in [-0.3, -0.25) is 4.79 Å². The molecule has 0 aliphatic carbocycles. The van der Waals surface area contributed by atoms with E-state index >= 15 is 0 Å². The number of fused-ring (bicyclic) bond motifs is 1. The maximum Gasteiger partial charge on any atom is 0.338 e. The number of anilines is 1. The minimum Gasteiger partial charge on any atom is -0.487 e. The number of halogens is 1. The number of rotatable bonds is 7. The average molecular weight is 519 g/mol. The molecule has 0 spiro atoms. The maximum absolute atomic E-state index is 13.6. The van der Waals surface area contributed by atoms with E-state index in [1.807, 2.05) is 12.1 Å². The number of ether oxygens (including phenoxy) is 3. The summed E-state index contributed by atoms with van der Waals surface area (Å²) in [6, 6.07) is 16.5. The normalized spacial score (nSPS) is 13.4. The van der Waals surface area contributed by atoms with Crippen LogP contribution in [0.4, 0.5) is 10.1 Å². The third-order valence-corrected chi connectivity index (χ3v) is 6.49. The van der Waals surface area contributed by atoms with Gasteiger partial charge in [0.2, 0.25) is 0 Å². The van der Waals surface area contributed by atoms with Gasteiger partial charge in [0.15, 0.2) is 0 Å². The Bertz CT molecular complexity index is 1470. The van der Waals surface area contributed by atoms with Crippen molar-refractivity contribution in [3.8, 4) is 17.1 Å². The largest absolute Gasteiger partial charge is 0.487 e. The summed E-state index contributed by atoms with van der Waals surface area (Å²) in [5, 5.41) is 3.22. The van der Waals surface area contributed by atoms with Crippen molar-refractivity contribution in [1.82, 2.24) is 5.32 Å². The van der Waals surface area contributed by atoms with E-state index in [-0.39, 0.29) is 18.3 Å². The highest BCUT2D eigenvalue weighted by Gasteiger charge is 2.26. The van der Waals surface area contributed by atoms with Crippen LogP contribution in [-0.2, 0) is 16.1 Å². The zero-order valence-electron chi connectivity index (χ0n) is 21.1. The standard InChI is InChI=1S/C29H27FN2O6/c1-31-28(33)26-22-15-25(37-17-19-5-3-4-6-21(19)29(34)35-2)23(32-11-13-36-14-12-32)16-24(22)38-27(26)18-7-9-20(30)10-8-18/h3-10,15-16H,11-14,17H2,1-2H3,(H,31,33). The number of carbonyl (C=O) groups is 2. The molecule has 4 aromatic rings. The summed E-state index contributed by atoms with van der Waals surface area (Å²) in [5.41, 5.74) is 3.24. The molecular formula is C29H27FN2O6. The predicted octanol–water partition coefficient (Wildman–Crippen LogP) is 4.80. The van der Waals surface area contributed by atoms with Gasteiger partial charge in [-0.2, -0.15) is 0 Å². The van der Waals surface area contributed by atoms with Gasteiger partial charge in [0.05, 0.1) is 37.1 Å². The Morgan fingerprint density at radius 2 is 1.79 bits per heavy atom. The molecule has 1 fully saturated rings. The van der Waals surface area contributed by atoms with Crippen LogP contribution in [0.3, 0.4) is 0 Å². The smallest absolute Gasteiger partial charge is 0.338 e. The summed E-state index contributed by atoms with van der Waals surface area (Å²) in [6.45, 7) is 2.52. The molecule has 1 aromatic heterocycles. The highest BCUT2D eigenvalue weighted by Crippen LogP contribution is 2.41. The molecule has 0 bridgehead atoms. The van der Waals surface area contributed by atoms with Crippen molar-refractivity contribution in [2.45, 2.75) is 6.61 Å². The maximum atomic E-state index is 13.6. The van der Waals surface area contributed by atoms with E-state index in [1.54, 1.807) is 43.4 Å². The van der Waals surface area contributed by atoms with Gasteiger partial charge < -0.3 is 28.8 Å². The number of benzene rings is 3. The van der Waals surface area contributed by atoms with Crippen molar-refractivity contribution in [2.24, 2.45) is 0 Å². The second-order valence-corrected chi connectivity index (χ2v) is 8.75. The average Bonchev–Trinajstić information content (AvgIpc) is 3.34. The number of furan rings is 1. The molecule has 3 aromatic carbocycles. The molecular weight excluding hydrogens is 491 g/mol. The zero-order chi connectivity index (χ0) is 26.6. The lowest BCUT2D eigenvalue weighted by atomic mass is 10.0. The second kappa shape index (κ2) is 10.9. The minimum absolute atomic E-state index is 0.103. The number of hydrogen-bond acceptors (Lipinski definition) is 7. The molecule has 0 unspecified atom stereocenters. The predicted molar refractivity (Wildman–Crippen MR) is 140 cm³/mol. The highest BCUT2D eigenvalue weighted by molar-refractivity contribution is 6.12. The van der Waals surface area contributed by atoms with E-state index in [9.17, 15) is 14.0 Å². The van der Waals surface area contributed by atoms with Crippen LogP contribution in [0.15, 0.2) is 65.1 Å². The molecule has 0 radical (unpaired) electrons. The molecule has 1 amide bonds. The third-order valence-electron chi connectivity index (χ3n) is 6.49. The number of carbonyl (C=O) groups excluding carboxylic acids is 2. The van der Waals surface area contributed by atoms with E-state index in [4.69, 9.17) is 18.6 Å².